The maximum absolute atomic E-state index is 11.9. The first-order chi connectivity index (χ1) is 9.61. The van der Waals surface area contributed by atoms with Crippen LogP contribution in [0.4, 0.5) is 5.13 Å². The number of carbonyl (C=O) groups excluding carboxylic acids is 2. The molecule has 0 spiro atoms. The number of fused-ring (bicyclic) bond motifs is 1. The number of hydrogen-bond donors (Lipinski definition) is 1. The first kappa shape index (κ1) is 13.7. The lowest BCUT2D eigenvalue weighted by molar-refractivity contribution is -0.130. The molecule has 3 rings (SSSR count). The fourth-order valence-electron chi connectivity index (χ4n) is 1.82. The Morgan fingerprint density at radius 2 is 2.35 bits per heavy atom. The van der Waals surface area contributed by atoms with Gasteiger partial charge in [0.1, 0.15) is 6.54 Å². The molecule has 1 aliphatic heterocycles. The number of halogens is 1. The van der Waals surface area contributed by atoms with E-state index >= 15 is 0 Å². The second kappa shape index (κ2) is 5.59. The highest BCUT2D eigenvalue weighted by atomic mass is 35.5. The molecule has 2 heterocycles. The van der Waals surface area contributed by atoms with Crippen LogP contribution >= 0.6 is 34.7 Å². The Morgan fingerprint density at radius 1 is 1.50 bits per heavy atom. The fourth-order valence-corrected chi connectivity index (χ4v) is 3.89. The van der Waals surface area contributed by atoms with Crippen molar-refractivity contribution in [3.8, 4) is 0 Å². The number of carbonyl (C=O) groups is 2. The molecule has 1 fully saturated rings. The second-order valence-electron chi connectivity index (χ2n) is 4.25. The van der Waals surface area contributed by atoms with Gasteiger partial charge in [-0.25, -0.2) is 4.98 Å². The van der Waals surface area contributed by atoms with Crippen molar-refractivity contribution in [2.45, 2.75) is 0 Å². The Balaban J connectivity index is 1.69. The second-order valence-corrected chi connectivity index (χ2v) is 6.67. The van der Waals surface area contributed by atoms with Crippen molar-refractivity contribution in [2.24, 2.45) is 0 Å². The third kappa shape index (κ3) is 2.89. The van der Waals surface area contributed by atoms with Gasteiger partial charge in [0, 0.05) is 5.02 Å². The van der Waals surface area contributed by atoms with Gasteiger partial charge in [-0.1, -0.05) is 22.9 Å². The van der Waals surface area contributed by atoms with Crippen molar-refractivity contribution < 1.29 is 9.59 Å². The number of amides is 2. The molecule has 1 saturated heterocycles. The van der Waals surface area contributed by atoms with Crippen molar-refractivity contribution in [3.05, 3.63) is 23.2 Å². The molecule has 0 aliphatic carbocycles. The summed E-state index contributed by atoms with van der Waals surface area (Å²) < 4.78 is 0.917. The predicted molar refractivity (Wildman–Crippen MR) is 82.3 cm³/mol. The van der Waals surface area contributed by atoms with E-state index in [9.17, 15) is 9.59 Å². The zero-order valence-corrected chi connectivity index (χ0v) is 12.6. The summed E-state index contributed by atoms with van der Waals surface area (Å²) in [5, 5.41) is 3.88. The van der Waals surface area contributed by atoms with E-state index in [1.807, 2.05) is 12.1 Å². The summed E-state index contributed by atoms with van der Waals surface area (Å²) in [5.41, 5.74) is 0.794. The highest BCUT2D eigenvalue weighted by Gasteiger charge is 2.23. The maximum atomic E-state index is 11.9. The maximum Gasteiger partial charge on any atom is 0.245 e. The molecule has 0 saturated carbocycles. The molecule has 8 heteroatoms. The molecule has 0 atom stereocenters. The van der Waals surface area contributed by atoms with Crippen LogP contribution in [0.2, 0.25) is 5.02 Å². The molecule has 0 unspecified atom stereocenters. The van der Waals surface area contributed by atoms with E-state index in [0.29, 0.717) is 21.8 Å². The Kier molecular flexibility index (Phi) is 3.82. The molecular weight excluding hydrogens is 318 g/mol. The number of hydrogen-bond acceptors (Lipinski definition) is 5. The number of rotatable bonds is 3. The molecule has 104 valence electrons. The van der Waals surface area contributed by atoms with E-state index < -0.39 is 0 Å². The topological polar surface area (TPSA) is 62.3 Å². The number of benzene rings is 1. The highest BCUT2D eigenvalue weighted by Crippen LogP contribution is 2.28. The molecule has 20 heavy (non-hydrogen) atoms. The number of thiazole rings is 1. The molecule has 0 bridgehead atoms. The zero-order chi connectivity index (χ0) is 14.1. The number of thioether (sulfide) groups is 1. The largest absolute Gasteiger partial charge is 0.323 e. The van der Waals surface area contributed by atoms with Gasteiger partial charge in [0.15, 0.2) is 5.13 Å². The van der Waals surface area contributed by atoms with Gasteiger partial charge in [0.05, 0.1) is 21.8 Å². The van der Waals surface area contributed by atoms with Crippen LogP contribution in [0.25, 0.3) is 10.2 Å². The third-order valence-electron chi connectivity index (χ3n) is 2.76. The van der Waals surface area contributed by atoms with Gasteiger partial charge in [-0.05, 0) is 18.2 Å². The Bertz CT molecular complexity index is 688. The molecule has 0 radical (unpaired) electrons. The summed E-state index contributed by atoms with van der Waals surface area (Å²) in [6.07, 6.45) is 0. The SMILES string of the molecule is O=C(CN1CSCC1=O)Nc1nc2ccc(Cl)cc2s1. The smallest absolute Gasteiger partial charge is 0.245 e. The Morgan fingerprint density at radius 3 is 3.10 bits per heavy atom. The Hall–Kier alpha value is -1.31. The average Bonchev–Trinajstić information content (AvgIpc) is 2.95. The minimum absolute atomic E-state index is 0.00114. The molecule has 1 aromatic heterocycles. The van der Waals surface area contributed by atoms with Gasteiger partial charge in [-0.3, -0.25) is 9.59 Å². The summed E-state index contributed by atoms with van der Waals surface area (Å²) in [5.74, 6) is 0.793. The predicted octanol–water partition coefficient (Wildman–Crippen LogP) is 2.42. The van der Waals surface area contributed by atoms with Gasteiger partial charge in [-0.15, -0.1) is 11.8 Å². The fraction of sp³-hybridized carbons (Fsp3) is 0.250. The van der Waals surface area contributed by atoms with Gasteiger partial charge < -0.3 is 10.2 Å². The van der Waals surface area contributed by atoms with E-state index in [0.717, 1.165) is 10.2 Å². The van der Waals surface area contributed by atoms with Crippen LogP contribution in [0.5, 0.6) is 0 Å². The highest BCUT2D eigenvalue weighted by molar-refractivity contribution is 8.00. The van der Waals surface area contributed by atoms with E-state index in [1.54, 1.807) is 6.07 Å². The minimum Gasteiger partial charge on any atom is -0.323 e. The summed E-state index contributed by atoms with van der Waals surface area (Å²) in [6.45, 7) is 0.0719. The van der Waals surface area contributed by atoms with Crippen molar-refractivity contribution in [3.63, 3.8) is 0 Å². The lowest BCUT2D eigenvalue weighted by Gasteiger charge is -2.12. The molecular formula is C12H10ClN3O2S2. The van der Waals surface area contributed by atoms with Crippen molar-refractivity contribution in [1.29, 1.82) is 0 Å². The van der Waals surface area contributed by atoms with Crippen molar-refractivity contribution in [2.75, 3.05) is 23.5 Å². The van der Waals surface area contributed by atoms with Crippen molar-refractivity contribution >= 4 is 61.9 Å². The summed E-state index contributed by atoms with van der Waals surface area (Å²) >= 11 is 8.78. The van der Waals surface area contributed by atoms with Crippen LogP contribution in [0.1, 0.15) is 0 Å². The number of nitrogens with one attached hydrogen (secondary N) is 1. The summed E-state index contributed by atoms with van der Waals surface area (Å²) in [6, 6.07) is 5.38. The van der Waals surface area contributed by atoms with Crippen LogP contribution in [0.3, 0.4) is 0 Å². The quantitative estimate of drug-likeness (QED) is 0.940. The van der Waals surface area contributed by atoms with Crippen LogP contribution in [-0.4, -0.2) is 39.9 Å². The molecule has 1 N–H and O–H groups in total. The Labute approximate surface area is 128 Å². The number of aromatic nitrogens is 1. The zero-order valence-electron chi connectivity index (χ0n) is 10.3. The van der Waals surface area contributed by atoms with Crippen LogP contribution in [0.15, 0.2) is 18.2 Å². The average molecular weight is 328 g/mol. The molecule has 2 aromatic rings. The van der Waals surface area contributed by atoms with E-state index in [-0.39, 0.29) is 18.4 Å². The van der Waals surface area contributed by atoms with E-state index in [2.05, 4.69) is 10.3 Å². The van der Waals surface area contributed by atoms with Crippen LogP contribution in [0, 0.1) is 0 Å². The van der Waals surface area contributed by atoms with Gasteiger partial charge >= 0.3 is 0 Å². The van der Waals surface area contributed by atoms with E-state index in [1.165, 1.54) is 28.0 Å². The first-order valence-electron chi connectivity index (χ1n) is 5.83. The lowest BCUT2D eigenvalue weighted by Crippen LogP contribution is -2.34. The van der Waals surface area contributed by atoms with E-state index in [4.69, 9.17) is 11.6 Å². The van der Waals surface area contributed by atoms with Crippen LogP contribution < -0.4 is 5.32 Å². The molecule has 2 amide bonds. The molecule has 5 nitrogen and oxygen atoms in total. The monoisotopic (exact) mass is 327 g/mol. The molecule has 1 aromatic carbocycles. The van der Waals surface area contributed by atoms with Crippen molar-refractivity contribution in [1.82, 2.24) is 9.88 Å². The standard InChI is InChI=1S/C12H10ClN3O2S2/c13-7-1-2-8-9(3-7)20-12(14-8)15-10(17)4-16-6-19-5-11(16)18/h1-3H,4-6H2,(H,14,15,17). The summed E-state index contributed by atoms with van der Waals surface area (Å²) in [7, 11) is 0. The lowest BCUT2D eigenvalue weighted by atomic mass is 10.3. The molecule has 1 aliphatic rings. The number of anilines is 1. The normalized spacial score (nSPS) is 15.1. The van der Waals surface area contributed by atoms with Gasteiger partial charge in [0.2, 0.25) is 11.8 Å². The third-order valence-corrected chi connectivity index (χ3v) is 4.87. The van der Waals surface area contributed by atoms with Gasteiger partial charge in [-0.2, -0.15) is 0 Å². The first-order valence-corrected chi connectivity index (χ1v) is 8.18. The van der Waals surface area contributed by atoms with Crippen LogP contribution in [-0.2, 0) is 9.59 Å². The number of nitrogens with zero attached hydrogens (tertiary/aromatic N) is 2. The van der Waals surface area contributed by atoms with Gasteiger partial charge in [0.25, 0.3) is 0 Å². The minimum atomic E-state index is -0.231. The summed E-state index contributed by atoms with van der Waals surface area (Å²) in [4.78, 5) is 29.2.